The third-order valence-electron chi connectivity index (χ3n) is 7.44. The number of ether oxygens (including phenoxy) is 1. The molecule has 0 atom stereocenters. The van der Waals surface area contributed by atoms with Crippen LogP contribution in [0.2, 0.25) is 0 Å². The van der Waals surface area contributed by atoms with Crippen molar-refractivity contribution in [3.8, 4) is 5.88 Å². The van der Waals surface area contributed by atoms with E-state index in [1.807, 2.05) is 0 Å². The van der Waals surface area contributed by atoms with E-state index in [4.69, 9.17) is 4.74 Å². The summed E-state index contributed by atoms with van der Waals surface area (Å²) in [6.07, 6.45) is -12.8. The summed E-state index contributed by atoms with van der Waals surface area (Å²) < 4.78 is 112. The number of halogens is 8. The molecule has 1 fully saturated rings. The minimum Gasteiger partial charge on any atom is -0.471 e. The zero-order valence-corrected chi connectivity index (χ0v) is 24.6. The molecule has 0 bridgehead atoms. The van der Waals surface area contributed by atoms with Crippen molar-refractivity contribution in [3.05, 3.63) is 52.3 Å². The van der Waals surface area contributed by atoms with Crippen LogP contribution in [0.4, 0.5) is 35.1 Å². The number of nitrogens with one attached hydrogen (secondary N) is 3. The Morgan fingerprint density at radius 3 is 2.30 bits per heavy atom. The number of nitrogens with zero attached hydrogens (tertiary/aromatic N) is 2. The van der Waals surface area contributed by atoms with E-state index in [0.717, 1.165) is 6.07 Å². The highest BCUT2D eigenvalue weighted by molar-refractivity contribution is 5.99. The van der Waals surface area contributed by atoms with E-state index < -0.39 is 72.6 Å². The van der Waals surface area contributed by atoms with Gasteiger partial charge in [-0.3, -0.25) is 9.59 Å². The molecule has 2 amide bonds. The monoisotopic (exact) mass is 665 g/mol. The van der Waals surface area contributed by atoms with Gasteiger partial charge in [-0.05, 0) is 62.8 Å². The number of benzene rings is 1. The topological polar surface area (TPSA) is 129 Å². The Hall–Kier alpha value is -4.02. The summed E-state index contributed by atoms with van der Waals surface area (Å²) >= 11 is 0. The van der Waals surface area contributed by atoms with E-state index in [9.17, 15) is 49.8 Å². The van der Waals surface area contributed by atoms with Crippen LogP contribution in [0.1, 0.15) is 72.4 Å². The van der Waals surface area contributed by atoms with Gasteiger partial charge < -0.3 is 25.5 Å². The summed E-state index contributed by atoms with van der Waals surface area (Å²) in [4.78, 5) is 36.1. The third kappa shape index (κ3) is 8.82. The predicted molar refractivity (Wildman–Crippen MR) is 147 cm³/mol. The third-order valence-corrected chi connectivity index (χ3v) is 7.44. The molecule has 4 N–H and O–H groups in total. The molecule has 0 unspecified atom stereocenters. The fourth-order valence-electron chi connectivity index (χ4n) is 5.06. The Morgan fingerprint density at radius 2 is 1.72 bits per heavy atom. The van der Waals surface area contributed by atoms with Gasteiger partial charge in [-0.15, -0.1) is 0 Å². The van der Waals surface area contributed by atoms with Crippen LogP contribution in [0.15, 0.2) is 24.3 Å². The maximum absolute atomic E-state index is 13.9. The van der Waals surface area contributed by atoms with E-state index in [0.29, 0.717) is 5.56 Å². The van der Waals surface area contributed by atoms with Crippen molar-refractivity contribution >= 4 is 23.0 Å². The Labute approximate surface area is 257 Å². The van der Waals surface area contributed by atoms with Gasteiger partial charge in [-0.25, -0.2) is 13.8 Å². The molecule has 9 nitrogen and oxygen atoms in total. The number of amides is 2. The number of H-pyrrole nitrogens is 1. The number of carbonyl (C=O) groups excluding carboxylic acids is 2. The van der Waals surface area contributed by atoms with E-state index >= 15 is 0 Å². The van der Waals surface area contributed by atoms with E-state index in [2.05, 4.69) is 25.6 Å². The summed E-state index contributed by atoms with van der Waals surface area (Å²) in [6, 6.07) is 3.76. The van der Waals surface area contributed by atoms with Crippen LogP contribution in [0.5, 0.6) is 5.88 Å². The number of aliphatic hydroxyl groups is 1. The largest absolute Gasteiger partial charge is 0.471 e. The number of hydrogen-bond acceptors (Lipinski definition) is 6. The number of fused-ring (bicyclic) bond motifs is 1. The number of alkyl halides is 8. The van der Waals surface area contributed by atoms with E-state index in [1.165, 1.54) is 32.0 Å². The van der Waals surface area contributed by atoms with Crippen molar-refractivity contribution in [2.75, 3.05) is 6.61 Å². The highest BCUT2D eigenvalue weighted by atomic mass is 19.4. The number of aromatic nitrogens is 3. The number of rotatable bonds is 10. The van der Waals surface area contributed by atoms with Gasteiger partial charge in [-0.2, -0.15) is 31.3 Å². The maximum atomic E-state index is 13.9. The zero-order valence-electron chi connectivity index (χ0n) is 24.6. The van der Waals surface area contributed by atoms with Gasteiger partial charge >= 0.3 is 12.4 Å². The fourth-order valence-corrected chi connectivity index (χ4v) is 5.06. The number of hydrogen-bond donors (Lipinski definition) is 4. The second kappa shape index (κ2) is 13.4. The minimum absolute atomic E-state index is 0.0338. The number of pyridine rings is 1. The van der Waals surface area contributed by atoms with Crippen LogP contribution in [0.3, 0.4) is 0 Å². The van der Waals surface area contributed by atoms with Gasteiger partial charge in [0.15, 0.2) is 12.3 Å². The lowest BCUT2D eigenvalue weighted by atomic mass is 9.85. The smallest absolute Gasteiger partial charge is 0.416 e. The van der Waals surface area contributed by atoms with Crippen LogP contribution in [-0.2, 0) is 23.9 Å². The highest BCUT2D eigenvalue weighted by Crippen LogP contribution is 2.38. The molecular weight excluding hydrogens is 634 g/mol. The maximum Gasteiger partial charge on any atom is 0.416 e. The molecule has 1 aliphatic carbocycles. The Morgan fingerprint density at radius 1 is 1.04 bits per heavy atom. The van der Waals surface area contributed by atoms with Crippen LogP contribution in [0, 0.1) is 5.92 Å². The molecule has 2 heterocycles. The lowest BCUT2D eigenvalue weighted by Crippen LogP contribution is -2.41. The zero-order chi connectivity index (χ0) is 34.0. The Balaban J connectivity index is 1.60. The van der Waals surface area contributed by atoms with Gasteiger partial charge in [0.05, 0.1) is 17.0 Å². The highest BCUT2D eigenvalue weighted by Gasteiger charge is 2.41. The van der Waals surface area contributed by atoms with Crippen molar-refractivity contribution in [2.24, 2.45) is 5.92 Å². The summed E-state index contributed by atoms with van der Waals surface area (Å²) in [5, 5.41) is 14.8. The van der Waals surface area contributed by atoms with Gasteiger partial charge in [0, 0.05) is 19.0 Å². The normalized spacial score (nSPS) is 17.7. The van der Waals surface area contributed by atoms with Gasteiger partial charge in [-0.1, -0.05) is 12.1 Å². The Bertz CT molecular complexity index is 1560. The predicted octanol–water partition coefficient (Wildman–Crippen LogP) is 5.45. The lowest BCUT2D eigenvalue weighted by Gasteiger charge is -2.30. The summed E-state index contributed by atoms with van der Waals surface area (Å²) in [5.74, 6) is -3.64. The molecule has 0 aliphatic heterocycles. The SMILES string of the molecule is CC(C)(O)C(=O)NCc1ccc(C(F)(F)F)c(Cc2nc3nc(OCC(F)F)c(C(=O)NC4CCC(C(F)(F)F)CC4)cc3[nH]2)c1. The second-order valence-electron chi connectivity index (χ2n) is 11.6. The molecule has 4 rings (SSSR count). The summed E-state index contributed by atoms with van der Waals surface area (Å²) in [7, 11) is 0. The molecule has 0 radical (unpaired) electrons. The molecule has 0 saturated heterocycles. The first-order valence-electron chi connectivity index (χ1n) is 14.2. The van der Waals surface area contributed by atoms with Crippen LogP contribution in [-0.4, -0.2) is 62.7 Å². The van der Waals surface area contributed by atoms with Gasteiger partial charge in [0.1, 0.15) is 17.0 Å². The molecule has 2 aromatic heterocycles. The van der Waals surface area contributed by atoms with Crippen LogP contribution >= 0.6 is 0 Å². The van der Waals surface area contributed by atoms with Gasteiger partial charge in [0.25, 0.3) is 18.2 Å². The molecule has 0 spiro atoms. The summed E-state index contributed by atoms with van der Waals surface area (Å²) in [6.45, 7) is 1.17. The van der Waals surface area contributed by atoms with Crippen molar-refractivity contribution in [3.63, 3.8) is 0 Å². The van der Waals surface area contributed by atoms with Gasteiger partial charge in [0.2, 0.25) is 5.88 Å². The van der Waals surface area contributed by atoms with E-state index in [1.54, 1.807) is 0 Å². The summed E-state index contributed by atoms with van der Waals surface area (Å²) in [5.41, 5.74) is -3.04. The average molecular weight is 666 g/mol. The molecule has 46 heavy (non-hydrogen) atoms. The first-order valence-corrected chi connectivity index (χ1v) is 14.2. The minimum atomic E-state index is -4.75. The fraction of sp³-hybridized carbons (Fsp3) is 0.517. The molecule has 17 heteroatoms. The standard InChI is InChI=1S/C29H31F8N5O4/c1-27(2,45)26(44)38-12-14-3-8-19(29(35,36)37)15(9-14)10-22-40-20-11-18(25(42-23(20)41-22)46-13-21(30)31)24(43)39-17-6-4-16(5-7-17)28(32,33)34/h3,8-9,11,16-17,21,45H,4-7,10,12-13H2,1-2H3,(H,38,44)(H,39,43)(H,40,41,42). The molecule has 1 aromatic carbocycles. The van der Waals surface area contributed by atoms with Crippen LogP contribution < -0.4 is 15.4 Å². The molecule has 3 aromatic rings. The quantitative estimate of drug-likeness (QED) is 0.213. The molecular formula is C29H31F8N5O4. The van der Waals surface area contributed by atoms with Crippen molar-refractivity contribution in [1.29, 1.82) is 0 Å². The number of imidazole rings is 1. The molecule has 1 saturated carbocycles. The molecule has 1 aliphatic rings. The second-order valence-corrected chi connectivity index (χ2v) is 11.6. The number of aromatic amines is 1. The van der Waals surface area contributed by atoms with E-state index in [-0.39, 0.29) is 60.3 Å². The lowest BCUT2D eigenvalue weighted by molar-refractivity contribution is -0.182. The van der Waals surface area contributed by atoms with Crippen LogP contribution in [0.25, 0.3) is 11.2 Å². The average Bonchev–Trinajstić information content (AvgIpc) is 3.34. The Kier molecular flexibility index (Phi) is 10.1. The van der Waals surface area contributed by atoms with Crippen molar-refractivity contribution in [1.82, 2.24) is 25.6 Å². The van der Waals surface area contributed by atoms with Crippen molar-refractivity contribution in [2.45, 2.75) is 82.9 Å². The first kappa shape index (κ1) is 34.8. The first-order chi connectivity index (χ1) is 21.3. The van der Waals surface area contributed by atoms with Crippen molar-refractivity contribution < 1.29 is 54.6 Å². The molecule has 252 valence electrons. The number of carbonyl (C=O) groups is 2.